The summed E-state index contributed by atoms with van der Waals surface area (Å²) >= 11 is 0. The van der Waals surface area contributed by atoms with Gasteiger partial charge in [-0.15, -0.1) is 0 Å². The van der Waals surface area contributed by atoms with Crippen LogP contribution in [0.25, 0.3) is 0 Å². The molecule has 0 nitrogen and oxygen atoms in total. The van der Waals surface area contributed by atoms with Gasteiger partial charge < -0.3 is 0 Å². The lowest BCUT2D eigenvalue weighted by atomic mass is 9.91. The first-order valence-electron chi connectivity index (χ1n) is 12.2. The molecule has 162 valence electrons. The van der Waals surface area contributed by atoms with Crippen LogP contribution in [-0.4, -0.2) is 0 Å². The first kappa shape index (κ1) is 27.0. The minimum atomic E-state index is 0.868. The highest BCUT2D eigenvalue weighted by Gasteiger charge is 2.06. The molecule has 0 radical (unpaired) electrons. The quantitative estimate of drug-likeness (QED) is 0.279. The van der Waals surface area contributed by atoms with Crippen molar-refractivity contribution in [1.29, 1.82) is 0 Å². The maximum Gasteiger partial charge on any atom is -0.00949 e. The van der Waals surface area contributed by atoms with Crippen molar-refractivity contribution in [3.8, 4) is 0 Å². The Morgan fingerprint density at radius 3 is 1.79 bits per heavy atom. The largest absolute Gasteiger partial charge is 0.0812 e. The van der Waals surface area contributed by atoms with Gasteiger partial charge in [-0.3, -0.25) is 0 Å². The third-order valence-electron chi connectivity index (χ3n) is 5.67. The molecule has 28 heavy (non-hydrogen) atoms. The van der Waals surface area contributed by atoms with Crippen LogP contribution in [0.2, 0.25) is 0 Å². The third-order valence-corrected chi connectivity index (χ3v) is 5.67. The Kier molecular flexibility index (Phi) is 17.3. The van der Waals surface area contributed by atoms with Crippen LogP contribution in [0.15, 0.2) is 42.0 Å². The van der Waals surface area contributed by atoms with Crippen LogP contribution in [0.4, 0.5) is 0 Å². The molecule has 0 aliphatic heterocycles. The lowest BCUT2D eigenvalue weighted by molar-refractivity contribution is 0.389. The second-order valence-electron chi connectivity index (χ2n) is 9.10. The zero-order chi connectivity index (χ0) is 21.2. The van der Waals surface area contributed by atoms with Crippen molar-refractivity contribution in [2.45, 2.75) is 113 Å². The van der Waals surface area contributed by atoms with Gasteiger partial charge in [0.25, 0.3) is 0 Å². The lowest BCUT2D eigenvalue weighted by Gasteiger charge is -2.15. The predicted molar refractivity (Wildman–Crippen MR) is 130 cm³/mol. The van der Waals surface area contributed by atoms with E-state index >= 15 is 0 Å². The van der Waals surface area contributed by atoms with Crippen molar-refractivity contribution in [2.75, 3.05) is 0 Å². The molecule has 0 bridgehead atoms. The van der Waals surface area contributed by atoms with E-state index in [2.05, 4.69) is 71.0 Å². The molecule has 0 fully saturated rings. The number of allylic oxidation sites excluding steroid dienone is 2. The summed E-state index contributed by atoms with van der Waals surface area (Å²) in [6.45, 7) is 15.9. The number of rotatable bonds is 14. The molecule has 0 heterocycles. The smallest absolute Gasteiger partial charge is 0.00949 e. The average molecular weight is 387 g/mol. The normalized spacial score (nSPS) is 13.8. The minimum Gasteiger partial charge on any atom is -0.0812 e. The number of benzene rings is 1. The van der Waals surface area contributed by atoms with Gasteiger partial charge in [0.15, 0.2) is 0 Å². The van der Waals surface area contributed by atoms with Crippen molar-refractivity contribution >= 4 is 0 Å². The first-order valence-corrected chi connectivity index (χ1v) is 12.2. The maximum atomic E-state index is 2.45. The summed E-state index contributed by atoms with van der Waals surface area (Å²) in [6.07, 6.45) is 16.0. The van der Waals surface area contributed by atoms with Gasteiger partial charge in [-0.2, -0.15) is 0 Å². The van der Waals surface area contributed by atoms with E-state index in [1.807, 2.05) is 13.8 Å². The van der Waals surface area contributed by atoms with Crippen LogP contribution in [0.1, 0.15) is 112 Å². The van der Waals surface area contributed by atoms with Crippen LogP contribution in [0.3, 0.4) is 0 Å². The fourth-order valence-electron chi connectivity index (χ4n) is 3.72. The zero-order valence-corrected chi connectivity index (χ0v) is 20.3. The highest BCUT2D eigenvalue weighted by molar-refractivity contribution is 5.18. The Morgan fingerprint density at radius 2 is 1.25 bits per heavy atom. The molecule has 2 unspecified atom stereocenters. The van der Waals surface area contributed by atoms with Gasteiger partial charge in [-0.25, -0.2) is 0 Å². The predicted octanol–water partition coefficient (Wildman–Crippen LogP) is 9.64. The summed E-state index contributed by atoms with van der Waals surface area (Å²) in [6, 6.07) is 10.8. The molecule has 0 N–H and O–H groups in total. The molecular formula is C28H50. The molecule has 0 aliphatic rings. The van der Waals surface area contributed by atoms with Gasteiger partial charge in [0, 0.05) is 0 Å². The molecule has 0 saturated carbocycles. The van der Waals surface area contributed by atoms with E-state index in [-0.39, 0.29) is 0 Å². The maximum absolute atomic E-state index is 2.45. The van der Waals surface area contributed by atoms with Gasteiger partial charge in [-0.1, -0.05) is 128 Å². The van der Waals surface area contributed by atoms with Crippen LogP contribution in [-0.2, 0) is 6.42 Å². The summed E-state index contributed by atoms with van der Waals surface area (Å²) in [7, 11) is 0. The van der Waals surface area contributed by atoms with Gasteiger partial charge in [0.2, 0.25) is 0 Å². The van der Waals surface area contributed by atoms with Gasteiger partial charge >= 0.3 is 0 Å². The van der Waals surface area contributed by atoms with Crippen molar-refractivity contribution < 1.29 is 0 Å². The fourth-order valence-corrected chi connectivity index (χ4v) is 3.72. The molecule has 1 aromatic rings. The highest BCUT2D eigenvalue weighted by atomic mass is 14.1. The highest BCUT2D eigenvalue weighted by Crippen LogP contribution is 2.22. The summed E-state index contributed by atoms with van der Waals surface area (Å²) in [5, 5.41) is 0. The lowest BCUT2D eigenvalue weighted by Crippen LogP contribution is -2.00. The summed E-state index contributed by atoms with van der Waals surface area (Å²) < 4.78 is 0. The summed E-state index contributed by atoms with van der Waals surface area (Å²) in [5.41, 5.74) is 2.97. The van der Waals surface area contributed by atoms with E-state index in [4.69, 9.17) is 0 Å². The standard InChI is InChI=1S/C26H44.C2H6/c1-22(2)12-9-13-23(3)14-10-15-24(4)16-11-17-25(5)20-21-26-18-7-6-8-19-26;1-2/h6-8,18-20,22-24H,9-17,21H2,1-5H3;1-2H3. The second kappa shape index (κ2) is 18.0. The third kappa shape index (κ3) is 16.0. The van der Waals surface area contributed by atoms with Crippen molar-refractivity contribution in [3.05, 3.63) is 47.5 Å². The molecule has 0 saturated heterocycles. The van der Waals surface area contributed by atoms with Crippen LogP contribution >= 0.6 is 0 Å². The minimum absolute atomic E-state index is 0.868. The topological polar surface area (TPSA) is 0 Å². The molecule has 1 aromatic carbocycles. The van der Waals surface area contributed by atoms with Gasteiger partial charge in [0.05, 0.1) is 0 Å². The van der Waals surface area contributed by atoms with E-state index < -0.39 is 0 Å². The number of hydrogen-bond acceptors (Lipinski definition) is 0. The Morgan fingerprint density at radius 1 is 0.750 bits per heavy atom. The molecule has 0 amide bonds. The SMILES string of the molecule is CC.CC(=CCc1ccccc1)CCCC(C)CCCC(C)CCCC(C)C. The zero-order valence-electron chi connectivity index (χ0n) is 20.3. The van der Waals surface area contributed by atoms with Crippen LogP contribution in [0, 0.1) is 17.8 Å². The van der Waals surface area contributed by atoms with Crippen LogP contribution in [0.5, 0.6) is 0 Å². The first-order chi connectivity index (χ1) is 13.5. The molecule has 1 rings (SSSR count). The van der Waals surface area contributed by atoms with Gasteiger partial charge in [0.1, 0.15) is 0 Å². The van der Waals surface area contributed by atoms with E-state index in [9.17, 15) is 0 Å². The van der Waals surface area contributed by atoms with Crippen molar-refractivity contribution in [3.63, 3.8) is 0 Å². The van der Waals surface area contributed by atoms with E-state index in [0.29, 0.717) is 0 Å². The van der Waals surface area contributed by atoms with Gasteiger partial charge in [-0.05, 0) is 49.5 Å². The molecule has 0 aliphatic carbocycles. The molecular weight excluding hydrogens is 336 g/mol. The Balaban J connectivity index is 0.00000352. The number of hydrogen-bond donors (Lipinski definition) is 0. The van der Waals surface area contributed by atoms with E-state index in [1.54, 1.807) is 5.57 Å². The summed E-state index contributed by atoms with van der Waals surface area (Å²) in [5.74, 6) is 2.68. The van der Waals surface area contributed by atoms with Crippen LogP contribution < -0.4 is 0 Å². The Labute approximate surface area is 178 Å². The van der Waals surface area contributed by atoms with Crippen molar-refractivity contribution in [1.82, 2.24) is 0 Å². The monoisotopic (exact) mass is 386 g/mol. The average Bonchev–Trinajstić information content (AvgIpc) is 2.68. The Hall–Kier alpha value is -1.04. The summed E-state index contributed by atoms with van der Waals surface area (Å²) in [4.78, 5) is 0. The molecule has 0 aromatic heterocycles. The molecule has 2 atom stereocenters. The molecule has 0 heteroatoms. The molecule has 0 spiro atoms. The Bertz CT molecular complexity index is 468. The second-order valence-corrected chi connectivity index (χ2v) is 9.10. The van der Waals surface area contributed by atoms with E-state index in [1.165, 1.54) is 63.4 Å². The van der Waals surface area contributed by atoms with E-state index in [0.717, 1.165) is 24.2 Å². The van der Waals surface area contributed by atoms with Crippen molar-refractivity contribution in [2.24, 2.45) is 17.8 Å². The fraction of sp³-hybridized carbons (Fsp3) is 0.714.